The number of aromatic carboxylic acids is 1. The number of nitriles is 1. The number of carboxylic acids is 1. The second-order valence-electron chi connectivity index (χ2n) is 5.44. The molecule has 0 aliphatic heterocycles. The van der Waals surface area contributed by atoms with Gasteiger partial charge in [-0.15, -0.1) is 0 Å². The van der Waals surface area contributed by atoms with Gasteiger partial charge in [0, 0.05) is 17.4 Å². The van der Waals surface area contributed by atoms with E-state index in [0.29, 0.717) is 16.5 Å². The minimum absolute atomic E-state index is 0.0297. The third-order valence-corrected chi connectivity index (χ3v) is 3.96. The second-order valence-corrected chi connectivity index (χ2v) is 5.44. The molecule has 0 amide bonds. The van der Waals surface area contributed by atoms with Gasteiger partial charge in [-0.25, -0.2) is 9.59 Å². The minimum Gasteiger partial charge on any atom is -0.477 e. The zero-order valence-corrected chi connectivity index (χ0v) is 13.4. The Bertz CT molecular complexity index is 1030. The standard InChI is InChI=1S/C19H14N2O4/c1-25-19(24)16-14-7-2-3-8-15(14)21(17(16)18(22)23)11-13-6-4-5-12(9-13)10-20/h2-9H,11H2,1H3,(H,22,23). The second kappa shape index (κ2) is 6.49. The van der Waals surface area contributed by atoms with E-state index in [1.54, 1.807) is 53.1 Å². The van der Waals surface area contributed by atoms with Gasteiger partial charge in [-0.05, 0) is 23.8 Å². The van der Waals surface area contributed by atoms with Gasteiger partial charge < -0.3 is 14.4 Å². The zero-order chi connectivity index (χ0) is 18.0. The van der Waals surface area contributed by atoms with Gasteiger partial charge in [0.1, 0.15) is 11.3 Å². The van der Waals surface area contributed by atoms with E-state index in [2.05, 4.69) is 6.07 Å². The number of rotatable bonds is 4. The SMILES string of the molecule is COC(=O)c1c(C(=O)O)n(Cc2cccc(C#N)c2)c2ccccc12. The predicted octanol–water partition coefficient (Wildman–Crippen LogP) is 3.05. The van der Waals surface area contributed by atoms with E-state index in [1.165, 1.54) is 7.11 Å². The van der Waals surface area contributed by atoms with Gasteiger partial charge in [0.15, 0.2) is 0 Å². The van der Waals surface area contributed by atoms with Crippen molar-refractivity contribution in [2.24, 2.45) is 0 Å². The highest BCUT2D eigenvalue weighted by molar-refractivity contribution is 6.12. The molecule has 6 heteroatoms. The number of carboxylic acid groups (broad SMARTS) is 1. The van der Waals surface area contributed by atoms with Crippen LogP contribution in [-0.4, -0.2) is 28.7 Å². The number of benzene rings is 2. The summed E-state index contributed by atoms with van der Waals surface area (Å²) in [6.07, 6.45) is 0. The molecule has 0 atom stereocenters. The van der Waals surface area contributed by atoms with E-state index in [4.69, 9.17) is 10.00 Å². The maximum atomic E-state index is 12.2. The predicted molar refractivity (Wildman–Crippen MR) is 90.5 cm³/mol. The minimum atomic E-state index is -1.21. The molecule has 1 aromatic heterocycles. The first-order valence-corrected chi connectivity index (χ1v) is 7.48. The third-order valence-electron chi connectivity index (χ3n) is 3.96. The highest BCUT2D eigenvalue weighted by Crippen LogP contribution is 2.28. The first-order chi connectivity index (χ1) is 12.1. The van der Waals surface area contributed by atoms with E-state index < -0.39 is 11.9 Å². The van der Waals surface area contributed by atoms with Crippen LogP contribution in [0, 0.1) is 11.3 Å². The Morgan fingerprint density at radius 2 is 1.96 bits per heavy atom. The number of para-hydroxylation sites is 1. The normalized spacial score (nSPS) is 10.4. The van der Waals surface area contributed by atoms with Crippen LogP contribution in [-0.2, 0) is 11.3 Å². The average Bonchev–Trinajstić information content (AvgIpc) is 2.96. The maximum absolute atomic E-state index is 12.2. The molecule has 0 saturated heterocycles. The molecule has 25 heavy (non-hydrogen) atoms. The number of carbonyl (C=O) groups is 2. The lowest BCUT2D eigenvalue weighted by atomic mass is 10.1. The lowest BCUT2D eigenvalue weighted by Gasteiger charge is -2.09. The van der Waals surface area contributed by atoms with Gasteiger partial charge in [0.2, 0.25) is 0 Å². The molecule has 1 heterocycles. The Morgan fingerprint density at radius 1 is 1.20 bits per heavy atom. The molecule has 3 rings (SSSR count). The van der Waals surface area contributed by atoms with Crippen molar-refractivity contribution in [1.29, 1.82) is 5.26 Å². The van der Waals surface area contributed by atoms with Crippen molar-refractivity contribution in [2.75, 3.05) is 7.11 Å². The molecule has 0 spiro atoms. The van der Waals surface area contributed by atoms with Crippen molar-refractivity contribution in [1.82, 2.24) is 4.57 Å². The molecule has 0 fully saturated rings. The number of fused-ring (bicyclic) bond motifs is 1. The number of hydrogen-bond donors (Lipinski definition) is 1. The van der Waals surface area contributed by atoms with Crippen molar-refractivity contribution in [2.45, 2.75) is 6.54 Å². The summed E-state index contributed by atoms with van der Waals surface area (Å²) in [7, 11) is 1.22. The number of methoxy groups -OCH3 is 1. The van der Waals surface area contributed by atoms with Crippen LogP contribution in [0.5, 0.6) is 0 Å². The molecule has 0 aliphatic rings. The van der Waals surface area contributed by atoms with Crippen LogP contribution in [0.3, 0.4) is 0 Å². The van der Waals surface area contributed by atoms with Gasteiger partial charge in [-0.1, -0.05) is 30.3 Å². The Kier molecular flexibility index (Phi) is 4.23. The van der Waals surface area contributed by atoms with E-state index >= 15 is 0 Å². The van der Waals surface area contributed by atoms with Crippen molar-refractivity contribution < 1.29 is 19.4 Å². The molecule has 0 unspecified atom stereocenters. The van der Waals surface area contributed by atoms with Gasteiger partial charge in [0.25, 0.3) is 0 Å². The van der Waals surface area contributed by atoms with Gasteiger partial charge in [0.05, 0.1) is 18.7 Å². The summed E-state index contributed by atoms with van der Waals surface area (Å²) in [5.74, 6) is -1.91. The van der Waals surface area contributed by atoms with Crippen molar-refractivity contribution in [3.63, 3.8) is 0 Å². The molecule has 0 radical (unpaired) electrons. The lowest BCUT2D eigenvalue weighted by molar-refractivity contribution is 0.0582. The van der Waals surface area contributed by atoms with E-state index in [9.17, 15) is 14.7 Å². The Labute approximate surface area is 143 Å². The molecule has 2 aromatic carbocycles. The van der Waals surface area contributed by atoms with E-state index in [1.807, 2.05) is 0 Å². The number of hydrogen-bond acceptors (Lipinski definition) is 4. The largest absolute Gasteiger partial charge is 0.477 e. The molecule has 3 aromatic rings. The Balaban J connectivity index is 2.26. The molecule has 6 nitrogen and oxygen atoms in total. The van der Waals surface area contributed by atoms with Crippen LogP contribution in [0.1, 0.15) is 32.0 Å². The van der Waals surface area contributed by atoms with E-state index in [0.717, 1.165) is 5.56 Å². The summed E-state index contributed by atoms with van der Waals surface area (Å²) in [6, 6.07) is 15.9. The fourth-order valence-electron chi connectivity index (χ4n) is 2.92. The number of carbonyl (C=O) groups excluding carboxylic acids is 1. The summed E-state index contributed by atoms with van der Waals surface area (Å²) in [6.45, 7) is 0.217. The number of aromatic nitrogens is 1. The number of nitrogens with zero attached hydrogens (tertiary/aromatic N) is 2. The number of ether oxygens (including phenoxy) is 1. The Hall–Kier alpha value is -3.59. The van der Waals surface area contributed by atoms with Crippen LogP contribution in [0.15, 0.2) is 48.5 Å². The maximum Gasteiger partial charge on any atom is 0.353 e. The zero-order valence-electron chi connectivity index (χ0n) is 13.4. The third kappa shape index (κ3) is 2.83. The molecule has 0 aliphatic carbocycles. The highest BCUT2D eigenvalue weighted by atomic mass is 16.5. The molecule has 124 valence electrons. The molecule has 0 saturated carbocycles. The fraction of sp³-hybridized carbons (Fsp3) is 0.105. The molecule has 1 N–H and O–H groups in total. The monoisotopic (exact) mass is 334 g/mol. The summed E-state index contributed by atoms with van der Waals surface area (Å²) >= 11 is 0. The van der Waals surface area contributed by atoms with Crippen LogP contribution in [0.4, 0.5) is 0 Å². The smallest absolute Gasteiger partial charge is 0.353 e. The topological polar surface area (TPSA) is 92.3 Å². The van der Waals surface area contributed by atoms with Crippen molar-refractivity contribution >= 4 is 22.8 Å². The summed E-state index contributed by atoms with van der Waals surface area (Å²) in [4.78, 5) is 24.0. The molecule has 0 bridgehead atoms. The molecular weight excluding hydrogens is 320 g/mol. The van der Waals surface area contributed by atoms with Crippen molar-refractivity contribution in [3.05, 3.63) is 70.9 Å². The highest BCUT2D eigenvalue weighted by Gasteiger charge is 2.27. The van der Waals surface area contributed by atoms with Crippen LogP contribution >= 0.6 is 0 Å². The summed E-state index contributed by atoms with van der Waals surface area (Å²) < 4.78 is 6.33. The van der Waals surface area contributed by atoms with Crippen LogP contribution < -0.4 is 0 Å². The fourth-order valence-corrected chi connectivity index (χ4v) is 2.92. The van der Waals surface area contributed by atoms with Crippen molar-refractivity contribution in [3.8, 4) is 6.07 Å². The number of esters is 1. The Morgan fingerprint density at radius 3 is 2.64 bits per heavy atom. The van der Waals surface area contributed by atoms with E-state index in [-0.39, 0.29) is 17.8 Å². The van der Waals surface area contributed by atoms with Gasteiger partial charge in [-0.2, -0.15) is 5.26 Å². The molecular formula is C19H14N2O4. The average molecular weight is 334 g/mol. The summed E-state index contributed by atoms with van der Waals surface area (Å²) in [5.41, 5.74) is 1.76. The first-order valence-electron chi connectivity index (χ1n) is 7.48. The van der Waals surface area contributed by atoms with Gasteiger partial charge >= 0.3 is 11.9 Å². The van der Waals surface area contributed by atoms with Crippen LogP contribution in [0.2, 0.25) is 0 Å². The lowest BCUT2D eigenvalue weighted by Crippen LogP contribution is -2.14. The quantitative estimate of drug-likeness (QED) is 0.740. The van der Waals surface area contributed by atoms with Crippen LogP contribution in [0.25, 0.3) is 10.9 Å². The summed E-state index contributed by atoms with van der Waals surface area (Å²) in [5, 5.41) is 19.2. The first kappa shape index (κ1) is 16.3. The van der Waals surface area contributed by atoms with Gasteiger partial charge in [-0.3, -0.25) is 0 Å².